The minimum Gasteiger partial charge on any atom is -1.00 e. The van der Waals surface area contributed by atoms with Crippen LogP contribution in [0.25, 0.3) is 0 Å². The van der Waals surface area contributed by atoms with Crippen molar-refractivity contribution >= 4 is 17.3 Å². The third kappa shape index (κ3) is 4.72. The first-order chi connectivity index (χ1) is 13.9. The summed E-state index contributed by atoms with van der Waals surface area (Å²) >= 11 is 1.47. The van der Waals surface area contributed by atoms with Crippen LogP contribution in [0.3, 0.4) is 0 Å². The van der Waals surface area contributed by atoms with Gasteiger partial charge in [0.2, 0.25) is 0 Å². The molecule has 4 nitrogen and oxygen atoms in total. The fourth-order valence-electron chi connectivity index (χ4n) is 5.83. The van der Waals surface area contributed by atoms with Crippen LogP contribution in [0.4, 0.5) is 0 Å². The lowest BCUT2D eigenvalue weighted by atomic mass is 9.82. The van der Waals surface area contributed by atoms with Crippen molar-refractivity contribution in [3.63, 3.8) is 0 Å². The molecule has 0 radical (unpaired) electrons. The lowest BCUT2D eigenvalue weighted by Crippen LogP contribution is -3.00. The van der Waals surface area contributed by atoms with E-state index in [2.05, 4.69) is 19.9 Å². The van der Waals surface area contributed by atoms with Crippen molar-refractivity contribution in [3.05, 3.63) is 34.0 Å². The highest BCUT2D eigenvalue weighted by molar-refractivity contribution is 7.10. The van der Waals surface area contributed by atoms with E-state index in [1.165, 1.54) is 30.0 Å². The Morgan fingerprint density at radius 2 is 1.97 bits per heavy atom. The number of carbonyl (C=O) groups is 1. The van der Waals surface area contributed by atoms with Crippen molar-refractivity contribution in [2.75, 3.05) is 26.2 Å². The van der Waals surface area contributed by atoms with E-state index < -0.39 is 11.6 Å². The lowest BCUT2D eigenvalue weighted by molar-refractivity contribution is -0.945. The summed E-state index contributed by atoms with van der Waals surface area (Å²) in [5, 5.41) is 13.6. The average Bonchev–Trinajstić information content (AvgIpc) is 3.42. The molecule has 6 heteroatoms. The number of nitrogens with zero attached hydrogens (tertiary/aromatic N) is 1. The highest BCUT2D eigenvalue weighted by Gasteiger charge is 2.52. The number of carbonyl (C=O) groups excluding carboxylic acids is 1. The van der Waals surface area contributed by atoms with Gasteiger partial charge in [-0.1, -0.05) is 30.6 Å². The molecule has 0 aromatic carbocycles. The van der Waals surface area contributed by atoms with E-state index in [0.717, 1.165) is 67.4 Å². The first-order valence-electron chi connectivity index (χ1n) is 11.4. The van der Waals surface area contributed by atoms with Gasteiger partial charge >= 0.3 is 5.97 Å². The van der Waals surface area contributed by atoms with Gasteiger partial charge in [0.05, 0.1) is 19.6 Å². The minimum absolute atomic E-state index is 0. The zero-order chi connectivity index (χ0) is 20.5. The van der Waals surface area contributed by atoms with E-state index in [0.29, 0.717) is 5.92 Å². The maximum Gasteiger partial charge on any atom is 0.344 e. The Labute approximate surface area is 195 Å². The molecule has 1 aliphatic carbocycles. The molecule has 168 valence electrons. The Morgan fingerprint density at radius 1 is 1.27 bits per heavy atom. The maximum absolute atomic E-state index is 13.4. The van der Waals surface area contributed by atoms with E-state index in [1.807, 2.05) is 17.5 Å². The normalized spacial score (nSPS) is 30.4. The van der Waals surface area contributed by atoms with E-state index in [4.69, 9.17) is 4.74 Å². The Kier molecular flexibility index (Phi) is 7.86. The van der Waals surface area contributed by atoms with E-state index >= 15 is 0 Å². The molecule has 1 saturated carbocycles. The number of allylic oxidation sites excluding steroid dienone is 1. The van der Waals surface area contributed by atoms with Gasteiger partial charge in [0.25, 0.3) is 0 Å². The SMILES string of the molecule is CC(C)=CCC[N+]12CCC(CC1)[C@@H](OC(=O)[C@](O)(c1cccs1)C1CCCC1)C2.[Br-]. The average molecular weight is 499 g/mol. The van der Waals surface area contributed by atoms with Crippen LogP contribution in [0.5, 0.6) is 0 Å². The highest BCUT2D eigenvalue weighted by atomic mass is 79.9. The van der Waals surface area contributed by atoms with Crippen molar-refractivity contribution in [2.45, 2.75) is 70.5 Å². The second kappa shape index (κ2) is 9.85. The number of hydrogen-bond donors (Lipinski definition) is 1. The van der Waals surface area contributed by atoms with Gasteiger partial charge in [0.1, 0.15) is 6.54 Å². The number of quaternary nitrogens is 1. The Morgan fingerprint density at radius 3 is 2.57 bits per heavy atom. The van der Waals surface area contributed by atoms with Crippen LogP contribution >= 0.6 is 11.3 Å². The zero-order valence-corrected chi connectivity index (χ0v) is 20.7. The van der Waals surface area contributed by atoms with Crippen molar-refractivity contribution in [3.8, 4) is 0 Å². The summed E-state index contributed by atoms with van der Waals surface area (Å²) in [7, 11) is 0. The summed E-state index contributed by atoms with van der Waals surface area (Å²) < 4.78 is 7.23. The number of ether oxygens (including phenoxy) is 1. The van der Waals surface area contributed by atoms with Crippen molar-refractivity contribution in [2.24, 2.45) is 11.8 Å². The standard InChI is InChI=1S/C24H36NO3S.BrH/c1-18(2)7-5-13-25-14-11-19(12-15-25)21(17-25)28-23(26)24(27,20-8-3-4-9-20)22-10-6-16-29-22;/h6-7,10,16,19-21,27H,3-5,8-9,11-15,17H2,1-2H3;1H/q+1;/p-1/t19?,21-,24+,25?;/m0./s1. The maximum atomic E-state index is 13.4. The van der Waals surface area contributed by atoms with Gasteiger partial charge in [-0.2, -0.15) is 0 Å². The molecule has 3 saturated heterocycles. The Balaban J connectivity index is 0.00000256. The molecule has 0 spiro atoms. The zero-order valence-electron chi connectivity index (χ0n) is 18.3. The van der Waals surface area contributed by atoms with Gasteiger partial charge in [-0.25, -0.2) is 4.79 Å². The number of thiophene rings is 1. The summed E-state index contributed by atoms with van der Waals surface area (Å²) in [5.41, 5.74) is -0.0977. The predicted octanol–water partition coefficient (Wildman–Crippen LogP) is 1.64. The molecule has 30 heavy (non-hydrogen) atoms. The molecule has 1 aromatic rings. The highest BCUT2D eigenvalue weighted by Crippen LogP contribution is 2.44. The number of hydrogen-bond acceptors (Lipinski definition) is 4. The van der Waals surface area contributed by atoms with Crippen LogP contribution in [-0.2, 0) is 15.1 Å². The number of fused-ring (bicyclic) bond motifs is 3. The second-order valence-corrected chi connectivity index (χ2v) is 10.7. The molecular weight excluding hydrogens is 462 g/mol. The molecule has 1 aromatic heterocycles. The van der Waals surface area contributed by atoms with Crippen LogP contribution in [0.15, 0.2) is 29.2 Å². The molecular formula is C24H36BrNO3S. The largest absolute Gasteiger partial charge is 1.00 e. The number of rotatable bonds is 7. The monoisotopic (exact) mass is 497 g/mol. The predicted molar refractivity (Wildman–Crippen MR) is 117 cm³/mol. The topological polar surface area (TPSA) is 46.5 Å². The quantitative estimate of drug-likeness (QED) is 0.353. The van der Waals surface area contributed by atoms with Crippen molar-refractivity contribution in [1.29, 1.82) is 0 Å². The van der Waals surface area contributed by atoms with E-state index in [-0.39, 0.29) is 29.0 Å². The smallest absolute Gasteiger partial charge is 0.344 e. The first-order valence-corrected chi connectivity index (χ1v) is 12.3. The molecule has 0 unspecified atom stereocenters. The van der Waals surface area contributed by atoms with Crippen molar-refractivity contribution in [1.82, 2.24) is 0 Å². The fourth-order valence-corrected chi connectivity index (χ4v) is 6.72. The molecule has 3 aliphatic heterocycles. The van der Waals surface area contributed by atoms with E-state index in [9.17, 15) is 9.90 Å². The Bertz CT molecular complexity index is 732. The summed E-state index contributed by atoms with van der Waals surface area (Å²) in [6, 6.07) is 3.82. The number of aliphatic hydroxyl groups is 1. The molecule has 4 aliphatic rings. The number of piperidine rings is 3. The third-order valence-corrected chi connectivity index (χ3v) is 8.60. The summed E-state index contributed by atoms with van der Waals surface area (Å²) in [6.07, 6.45) is 9.61. The minimum atomic E-state index is -1.47. The molecule has 5 rings (SSSR count). The van der Waals surface area contributed by atoms with Gasteiger partial charge in [0, 0.05) is 36.0 Å². The molecule has 4 fully saturated rings. The third-order valence-electron chi connectivity index (χ3n) is 7.61. The number of halogens is 1. The van der Waals surface area contributed by atoms with Gasteiger partial charge in [0.15, 0.2) is 11.7 Å². The summed E-state index contributed by atoms with van der Waals surface area (Å²) in [6.45, 7) is 8.76. The van der Waals surface area contributed by atoms with Gasteiger partial charge in [-0.3, -0.25) is 0 Å². The molecule has 0 amide bonds. The van der Waals surface area contributed by atoms with Crippen LogP contribution in [0, 0.1) is 11.8 Å². The van der Waals surface area contributed by atoms with Crippen LogP contribution in [-0.4, -0.2) is 47.8 Å². The van der Waals surface area contributed by atoms with Gasteiger partial charge in [-0.15, -0.1) is 11.3 Å². The Hall–Kier alpha value is -0.690. The fraction of sp³-hybridized carbons (Fsp3) is 0.708. The molecule has 2 bridgehead atoms. The van der Waals surface area contributed by atoms with E-state index in [1.54, 1.807) is 0 Å². The summed E-state index contributed by atoms with van der Waals surface area (Å²) in [4.78, 5) is 14.2. The molecule has 2 atom stereocenters. The first kappa shape index (κ1) is 24.0. The van der Waals surface area contributed by atoms with Crippen LogP contribution in [0.1, 0.15) is 63.7 Å². The summed E-state index contributed by atoms with van der Waals surface area (Å²) in [5.74, 6) is 0.0437. The number of esters is 1. The molecule has 1 N–H and O–H groups in total. The second-order valence-electron chi connectivity index (χ2n) is 9.77. The van der Waals surface area contributed by atoms with Crippen LogP contribution in [0.2, 0.25) is 0 Å². The van der Waals surface area contributed by atoms with Crippen molar-refractivity contribution < 1.29 is 36.1 Å². The lowest BCUT2D eigenvalue weighted by Gasteiger charge is -2.52. The van der Waals surface area contributed by atoms with Crippen LogP contribution < -0.4 is 17.0 Å². The van der Waals surface area contributed by atoms with Gasteiger partial charge in [-0.05, 0) is 38.1 Å². The van der Waals surface area contributed by atoms with Gasteiger partial charge < -0.3 is 31.3 Å². The molecule has 4 heterocycles.